The van der Waals surface area contributed by atoms with E-state index in [0.29, 0.717) is 33.5 Å². The molecule has 5 nitrogen and oxygen atoms in total. The summed E-state index contributed by atoms with van der Waals surface area (Å²) in [5, 5.41) is 0.674. The highest BCUT2D eigenvalue weighted by molar-refractivity contribution is 6.06. The van der Waals surface area contributed by atoms with Crippen molar-refractivity contribution in [2.24, 2.45) is 0 Å². The zero-order valence-electron chi connectivity index (χ0n) is 17.3. The first-order chi connectivity index (χ1) is 15.1. The molecule has 1 aromatic heterocycles. The number of para-hydroxylation sites is 2. The monoisotopic (exact) mass is 411 g/mol. The molecule has 1 heterocycles. The number of fused-ring (bicyclic) bond motifs is 1. The van der Waals surface area contributed by atoms with E-state index in [0.717, 1.165) is 11.1 Å². The Hall–Kier alpha value is -3.99. The first kappa shape index (κ1) is 20.3. The Balaban J connectivity index is 1.64. The summed E-state index contributed by atoms with van der Waals surface area (Å²) in [5.74, 6) is -0.460. The van der Waals surface area contributed by atoms with Gasteiger partial charge < -0.3 is 9.47 Å². The molecule has 0 N–H and O–H groups in total. The molecule has 0 atom stereocenters. The molecule has 4 aromatic rings. The van der Waals surface area contributed by atoms with Crippen LogP contribution in [-0.2, 0) is 4.74 Å². The fraction of sp³-hybridized carbons (Fsp3) is 0.115. The second-order valence-corrected chi connectivity index (χ2v) is 7.14. The minimum atomic E-state index is -0.574. The van der Waals surface area contributed by atoms with E-state index in [-0.39, 0.29) is 12.4 Å². The lowest BCUT2D eigenvalue weighted by atomic mass is 10.0. The molecule has 0 bridgehead atoms. The lowest BCUT2D eigenvalue weighted by Crippen LogP contribution is -2.15. The SMILES string of the molecule is COc1ccccc1C(=O)COC(=O)c1cc(-c2ccc(C)cc2)nc2ccccc12. The summed E-state index contributed by atoms with van der Waals surface area (Å²) in [4.78, 5) is 30.2. The Bertz CT molecular complexity index is 1260. The molecule has 0 amide bonds. The van der Waals surface area contributed by atoms with Crippen molar-refractivity contribution in [1.82, 2.24) is 4.98 Å². The summed E-state index contributed by atoms with van der Waals surface area (Å²) in [6.07, 6.45) is 0. The van der Waals surface area contributed by atoms with Crippen LogP contribution in [0.1, 0.15) is 26.3 Å². The number of ketones is 1. The molecule has 0 fully saturated rings. The Kier molecular flexibility index (Phi) is 5.76. The lowest BCUT2D eigenvalue weighted by Gasteiger charge is -2.11. The highest BCUT2D eigenvalue weighted by atomic mass is 16.5. The van der Waals surface area contributed by atoms with Gasteiger partial charge in [0.1, 0.15) is 5.75 Å². The van der Waals surface area contributed by atoms with Crippen LogP contribution in [0.3, 0.4) is 0 Å². The molecular formula is C26H21NO4. The maximum Gasteiger partial charge on any atom is 0.339 e. The van der Waals surface area contributed by atoms with E-state index in [1.807, 2.05) is 55.5 Å². The average molecular weight is 411 g/mol. The minimum Gasteiger partial charge on any atom is -0.496 e. The number of esters is 1. The molecule has 0 unspecified atom stereocenters. The van der Waals surface area contributed by atoms with Crippen LogP contribution in [0.25, 0.3) is 22.2 Å². The summed E-state index contributed by atoms with van der Waals surface area (Å²) in [6, 6.07) is 23.9. The molecule has 154 valence electrons. The smallest absolute Gasteiger partial charge is 0.339 e. The summed E-state index contributed by atoms with van der Waals surface area (Å²) in [7, 11) is 1.49. The largest absolute Gasteiger partial charge is 0.496 e. The van der Waals surface area contributed by atoms with Crippen LogP contribution in [0.15, 0.2) is 78.9 Å². The number of pyridine rings is 1. The van der Waals surface area contributed by atoms with Gasteiger partial charge in [-0.05, 0) is 31.2 Å². The number of hydrogen-bond donors (Lipinski definition) is 0. The molecule has 31 heavy (non-hydrogen) atoms. The fourth-order valence-corrected chi connectivity index (χ4v) is 3.38. The van der Waals surface area contributed by atoms with Crippen molar-refractivity contribution in [3.05, 3.63) is 95.6 Å². The summed E-state index contributed by atoms with van der Waals surface area (Å²) >= 11 is 0. The van der Waals surface area contributed by atoms with E-state index < -0.39 is 5.97 Å². The Morgan fingerprint density at radius 2 is 1.58 bits per heavy atom. The first-order valence-electron chi connectivity index (χ1n) is 9.87. The third-order valence-corrected chi connectivity index (χ3v) is 5.03. The van der Waals surface area contributed by atoms with E-state index in [2.05, 4.69) is 0 Å². The normalized spacial score (nSPS) is 10.6. The standard InChI is InChI=1S/C26H21NO4/c1-17-11-13-18(14-12-17)23-15-21(19-7-3-5-9-22(19)27-23)26(29)31-16-24(28)20-8-4-6-10-25(20)30-2/h3-15H,16H2,1-2H3. The van der Waals surface area contributed by atoms with Gasteiger partial charge >= 0.3 is 5.97 Å². The number of ether oxygens (including phenoxy) is 2. The molecule has 0 aliphatic carbocycles. The average Bonchev–Trinajstić information content (AvgIpc) is 2.82. The summed E-state index contributed by atoms with van der Waals surface area (Å²) < 4.78 is 10.6. The van der Waals surface area contributed by atoms with Crippen molar-refractivity contribution in [1.29, 1.82) is 0 Å². The zero-order valence-corrected chi connectivity index (χ0v) is 17.3. The van der Waals surface area contributed by atoms with Crippen LogP contribution in [0.5, 0.6) is 5.75 Å². The maximum absolute atomic E-state index is 13.0. The number of rotatable bonds is 6. The van der Waals surface area contributed by atoms with E-state index >= 15 is 0 Å². The molecular weight excluding hydrogens is 390 g/mol. The van der Waals surface area contributed by atoms with Gasteiger partial charge in [-0.2, -0.15) is 0 Å². The summed E-state index contributed by atoms with van der Waals surface area (Å²) in [5.41, 5.74) is 4.13. The van der Waals surface area contributed by atoms with Crippen LogP contribution in [0, 0.1) is 6.92 Å². The van der Waals surface area contributed by atoms with Crippen LogP contribution >= 0.6 is 0 Å². The van der Waals surface area contributed by atoms with Gasteiger partial charge in [0.2, 0.25) is 5.78 Å². The highest BCUT2D eigenvalue weighted by Crippen LogP contribution is 2.26. The van der Waals surface area contributed by atoms with Crippen LogP contribution in [-0.4, -0.2) is 30.5 Å². The second kappa shape index (κ2) is 8.79. The van der Waals surface area contributed by atoms with Gasteiger partial charge in [-0.3, -0.25) is 4.79 Å². The van der Waals surface area contributed by atoms with Crippen molar-refractivity contribution in [2.75, 3.05) is 13.7 Å². The van der Waals surface area contributed by atoms with Crippen LogP contribution in [0.4, 0.5) is 0 Å². The number of carbonyl (C=O) groups is 2. The van der Waals surface area contributed by atoms with Gasteiger partial charge in [-0.1, -0.05) is 60.2 Å². The molecule has 0 spiro atoms. The van der Waals surface area contributed by atoms with Crippen molar-refractivity contribution in [2.45, 2.75) is 6.92 Å². The molecule has 3 aromatic carbocycles. The predicted molar refractivity (Wildman–Crippen MR) is 120 cm³/mol. The van der Waals surface area contributed by atoms with Gasteiger partial charge in [0.15, 0.2) is 6.61 Å². The molecule has 0 aliphatic heterocycles. The summed E-state index contributed by atoms with van der Waals surface area (Å²) in [6.45, 7) is 1.63. The van der Waals surface area contributed by atoms with Crippen molar-refractivity contribution in [3.8, 4) is 17.0 Å². The Morgan fingerprint density at radius 1 is 0.871 bits per heavy atom. The zero-order chi connectivity index (χ0) is 21.8. The maximum atomic E-state index is 13.0. The topological polar surface area (TPSA) is 65.5 Å². The number of aromatic nitrogens is 1. The van der Waals surface area contributed by atoms with Crippen LogP contribution < -0.4 is 4.74 Å². The molecule has 0 saturated heterocycles. The molecule has 5 heteroatoms. The number of carbonyl (C=O) groups excluding carboxylic acids is 2. The van der Waals surface area contributed by atoms with Gasteiger partial charge in [0.25, 0.3) is 0 Å². The fourth-order valence-electron chi connectivity index (χ4n) is 3.38. The van der Waals surface area contributed by atoms with Crippen molar-refractivity contribution >= 4 is 22.7 Å². The number of methoxy groups -OCH3 is 1. The molecule has 0 aliphatic rings. The van der Waals surface area contributed by atoms with Crippen molar-refractivity contribution < 1.29 is 19.1 Å². The quantitative estimate of drug-likeness (QED) is 0.320. The number of aryl methyl sites for hydroxylation is 1. The highest BCUT2D eigenvalue weighted by Gasteiger charge is 2.18. The number of Topliss-reactive ketones (excluding diaryl/α,β-unsaturated/α-hetero) is 1. The first-order valence-corrected chi connectivity index (χ1v) is 9.87. The van der Waals surface area contributed by atoms with Gasteiger partial charge in [0, 0.05) is 10.9 Å². The van der Waals surface area contributed by atoms with E-state index in [9.17, 15) is 9.59 Å². The third kappa shape index (κ3) is 4.31. The van der Waals surface area contributed by atoms with E-state index in [1.54, 1.807) is 30.3 Å². The van der Waals surface area contributed by atoms with E-state index in [4.69, 9.17) is 14.5 Å². The van der Waals surface area contributed by atoms with E-state index in [1.165, 1.54) is 7.11 Å². The second-order valence-electron chi connectivity index (χ2n) is 7.14. The predicted octanol–water partition coefficient (Wildman–Crippen LogP) is 5.26. The number of nitrogens with zero attached hydrogens (tertiary/aromatic N) is 1. The van der Waals surface area contributed by atoms with Crippen molar-refractivity contribution in [3.63, 3.8) is 0 Å². The Labute approximate surface area is 180 Å². The minimum absolute atomic E-state index is 0.331. The number of benzene rings is 3. The molecule has 4 rings (SSSR count). The third-order valence-electron chi connectivity index (χ3n) is 5.03. The van der Waals surface area contributed by atoms with Crippen LogP contribution in [0.2, 0.25) is 0 Å². The molecule has 0 radical (unpaired) electrons. The lowest BCUT2D eigenvalue weighted by molar-refractivity contribution is 0.0476. The van der Waals surface area contributed by atoms with Gasteiger partial charge in [0.05, 0.1) is 29.4 Å². The van der Waals surface area contributed by atoms with Gasteiger partial charge in [-0.15, -0.1) is 0 Å². The Morgan fingerprint density at radius 3 is 2.35 bits per heavy atom. The molecule has 0 saturated carbocycles. The van der Waals surface area contributed by atoms with Gasteiger partial charge in [-0.25, -0.2) is 9.78 Å². The number of hydrogen-bond acceptors (Lipinski definition) is 5.